The quantitative estimate of drug-likeness (QED) is 0.784. The minimum absolute atomic E-state index is 0.172. The Morgan fingerprint density at radius 2 is 1.64 bits per heavy atom. The maximum absolute atomic E-state index is 12.5. The van der Waals surface area contributed by atoms with Gasteiger partial charge < -0.3 is 14.8 Å². The van der Waals surface area contributed by atoms with E-state index in [1.807, 2.05) is 26.0 Å². The van der Waals surface area contributed by atoms with Crippen LogP contribution in [0.5, 0.6) is 0 Å². The smallest absolute Gasteiger partial charge is 0.411 e. The van der Waals surface area contributed by atoms with Crippen LogP contribution in [0.2, 0.25) is 0 Å². The highest BCUT2D eigenvalue weighted by molar-refractivity contribution is 6.05. The first kappa shape index (κ1) is 18.5. The molecule has 0 aromatic heterocycles. The highest BCUT2D eigenvalue weighted by Crippen LogP contribution is 2.18. The molecule has 0 radical (unpaired) electrons. The second-order valence-electron chi connectivity index (χ2n) is 5.54. The van der Waals surface area contributed by atoms with Gasteiger partial charge in [0.15, 0.2) is 0 Å². The maximum Gasteiger partial charge on any atom is 0.411 e. The Morgan fingerprint density at radius 1 is 0.960 bits per heavy atom. The lowest BCUT2D eigenvalue weighted by molar-refractivity contribution is 0.102. The van der Waals surface area contributed by atoms with Crippen molar-refractivity contribution in [3.63, 3.8) is 0 Å². The third-order valence-electron chi connectivity index (χ3n) is 3.74. The third kappa shape index (κ3) is 5.32. The fraction of sp³-hybridized carbons (Fsp3) is 0.263. The van der Waals surface area contributed by atoms with Crippen molar-refractivity contribution in [3.05, 3.63) is 59.2 Å². The number of hydrogen-bond acceptors (Lipinski definition) is 4. The van der Waals surface area contributed by atoms with Crippen LogP contribution in [0.4, 0.5) is 16.2 Å². The molecule has 0 aliphatic carbocycles. The number of methoxy groups -OCH3 is 1. The highest BCUT2D eigenvalue weighted by Gasteiger charge is 2.11. The molecule has 0 atom stereocenters. The normalized spacial score (nSPS) is 10.2. The molecule has 132 valence electrons. The maximum atomic E-state index is 12.5. The number of rotatable bonds is 6. The van der Waals surface area contributed by atoms with E-state index >= 15 is 0 Å². The average molecular weight is 342 g/mol. The van der Waals surface area contributed by atoms with Crippen molar-refractivity contribution in [2.75, 3.05) is 31.0 Å². The summed E-state index contributed by atoms with van der Waals surface area (Å²) in [5.74, 6) is -0.193. The Hall–Kier alpha value is -2.86. The summed E-state index contributed by atoms with van der Waals surface area (Å²) in [7, 11) is 1.53. The molecule has 2 rings (SSSR count). The van der Waals surface area contributed by atoms with Gasteiger partial charge in [-0.15, -0.1) is 0 Å². The zero-order valence-corrected chi connectivity index (χ0v) is 14.6. The molecule has 2 aromatic rings. The number of anilines is 2. The van der Waals surface area contributed by atoms with Crippen molar-refractivity contribution in [3.8, 4) is 0 Å². The van der Waals surface area contributed by atoms with Crippen LogP contribution in [0.1, 0.15) is 21.5 Å². The van der Waals surface area contributed by atoms with Crippen LogP contribution < -0.4 is 10.6 Å². The molecular formula is C19H22N2O4. The van der Waals surface area contributed by atoms with E-state index in [4.69, 9.17) is 9.47 Å². The van der Waals surface area contributed by atoms with E-state index in [1.165, 1.54) is 7.11 Å². The van der Waals surface area contributed by atoms with Crippen molar-refractivity contribution in [2.45, 2.75) is 13.8 Å². The summed E-state index contributed by atoms with van der Waals surface area (Å²) in [6.45, 7) is 4.38. The number of hydrogen-bond donors (Lipinski definition) is 2. The van der Waals surface area contributed by atoms with Gasteiger partial charge in [-0.1, -0.05) is 18.2 Å². The van der Waals surface area contributed by atoms with Gasteiger partial charge in [0.05, 0.1) is 6.61 Å². The largest absolute Gasteiger partial charge is 0.447 e. The Morgan fingerprint density at radius 3 is 2.36 bits per heavy atom. The van der Waals surface area contributed by atoms with Gasteiger partial charge in [-0.05, 0) is 49.2 Å². The van der Waals surface area contributed by atoms with Crippen LogP contribution in [0.15, 0.2) is 42.5 Å². The standard InChI is InChI=1S/C19H22N2O4/c1-13-6-4-9-17(14(13)2)18(22)20-15-7-5-8-16(12-15)21-19(23)25-11-10-24-3/h4-9,12H,10-11H2,1-3H3,(H,20,22)(H,21,23). The molecule has 0 aliphatic rings. The van der Waals surface area contributed by atoms with Gasteiger partial charge in [0.25, 0.3) is 5.91 Å². The number of nitrogens with one attached hydrogen (secondary N) is 2. The van der Waals surface area contributed by atoms with E-state index in [0.717, 1.165) is 11.1 Å². The first-order chi connectivity index (χ1) is 12.0. The lowest BCUT2D eigenvalue weighted by Crippen LogP contribution is -2.17. The van der Waals surface area contributed by atoms with Crippen molar-refractivity contribution in [2.24, 2.45) is 0 Å². The number of ether oxygens (including phenoxy) is 2. The minimum Gasteiger partial charge on any atom is -0.447 e. The zero-order valence-electron chi connectivity index (χ0n) is 14.6. The van der Waals surface area contributed by atoms with E-state index in [2.05, 4.69) is 10.6 Å². The summed E-state index contributed by atoms with van der Waals surface area (Å²) in [4.78, 5) is 24.1. The molecule has 0 heterocycles. The molecule has 6 nitrogen and oxygen atoms in total. The van der Waals surface area contributed by atoms with E-state index in [1.54, 1.807) is 30.3 Å². The number of amides is 2. The third-order valence-corrected chi connectivity index (χ3v) is 3.74. The van der Waals surface area contributed by atoms with Gasteiger partial charge >= 0.3 is 6.09 Å². The van der Waals surface area contributed by atoms with Gasteiger partial charge in [-0.25, -0.2) is 4.79 Å². The van der Waals surface area contributed by atoms with Gasteiger partial charge in [-0.2, -0.15) is 0 Å². The molecule has 2 aromatic carbocycles. The molecule has 0 spiro atoms. The number of carbonyl (C=O) groups excluding carboxylic acids is 2. The summed E-state index contributed by atoms with van der Waals surface area (Å²) < 4.78 is 9.76. The summed E-state index contributed by atoms with van der Waals surface area (Å²) in [6, 6.07) is 12.5. The zero-order chi connectivity index (χ0) is 18.2. The molecule has 0 aliphatic heterocycles. The van der Waals surface area contributed by atoms with Crippen molar-refractivity contribution in [1.82, 2.24) is 0 Å². The SMILES string of the molecule is COCCOC(=O)Nc1cccc(NC(=O)c2cccc(C)c2C)c1. The van der Waals surface area contributed by atoms with Gasteiger partial charge in [0.2, 0.25) is 0 Å². The molecule has 6 heteroatoms. The predicted octanol–water partition coefficient (Wildman–Crippen LogP) is 3.75. The lowest BCUT2D eigenvalue weighted by atomic mass is 10.0. The Kier molecular flexibility index (Phi) is 6.54. The molecule has 2 amide bonds. The predicted molar refractivity (Wildman–Crippen MR) is 97.2 cm³/mol. The van der Waals surface area contributed by atoms with Crippen LogP contribution in [-0.4, -0.2) is 32.3 Å². The Labute approximate surface area is 147 Å². The monoisotopic (exact) mass is 342 g/mol. The number of carbonyl (C=O) groups is 2. The average Bonchev–Trinajstić information content (AvgIpc) is 2.58. The molecule has 25 heavy (non-hydrogen) atoms. The topological polar surface area (TPSA) is 76.7 Å². The number of aryl methyl sites for hydroxylation is 1. The first-order valence-corrected chi connectivity index (χ1v) is 7.91. The van der Waals surface area contributed by atoms with E-state index in [9.17, 15) is 9.59 Å². The van der Waals surface area contributed by atoms with Crippen LogP contribution in [0.25, 0.3) is 0 Å². The van der Waals surface area contributed by atoms with Crippen LogP contribution in [0, 0.1) is 13.8 Å². The fourth-order valence-electron chi connectivity index (χ4n) is 2.24. The molecule has 0 saturated carbocycles. The molecule has 2 N–H and O–H groups in total. The molecule has 0 saturated heterocycles. The fourth-order valence-corrected chi connectivity index (χ4v) is 2.24. The minimum atomic E-state index is -0.574. The van der Waals surface area contributed by atoms with Gasteiger partial charge in [-0.3, -0.25) is 10.1 Å². The summed E-state index contributed by atoms with van der Waals surface area (Å²) >= 11 is 0. The second kappa shape index (κ2) is 8.84. The Bertz CT molecular complexity index is 759. The lowest BCUT2D eigenvalue weighted by Gasteiger charge is -2.11. The first-order valence-electron chi connectivity index (χ1n) is 7.91. The molecule has 0 unspecified atom stereocenters. The molecular weight excluding hydrogens is 320 g/mol. The van der Waals surface area contributed by atoms with Crippen LogP contribution >= 0.6 is 0 Å². The van der Waals surface area contributed by atoms with E-state index in [-0.39, 0.29) is 12.5 Å². The van der Waals surface area contributed by atoms with Gasteiger partial charge in [0.1, 0.15) is 6.61 Å². The molecule has 0 fully saturated rings. The highest BCUT2D eigenvalue weighted by atomic mass is 16.6. The van der Waals surface area contributed by atoms with Crippen molar-refractivity contribution >= 4 is 23.4 Å². The van der Waals surface area contributed by atoms with Crippen LogP contribution in [0.3, 0.4) is 0 Å². The van der Waals surface area contributed by atoms with Gasteiger partial charge in [0, 0.05) is 24.0 Å². The van der Waals surface area contributed by atoms with Crippen molar-refractivity contribution in [1.29, 1.82) is 0 Å². The summed E-state index contributed by atoms with van der Waals surface area (Å²) in [6.07, 6.45) is -0.574. The number of benzene rings is 2. The van der Waals surface area contributed by atoms with Crippen molar-refractivity contribution < 1.29 is 19.1 Å². The van der Waals surface area contributed by atoms with E-state index in [0.29, 0.717) is 23.5 Å². The summed E-state index contributed by atoms with van der Waals surface area (Å²) in [5, 5.41) is 5.45. The second-order valence-corrected chi connectivity index (χ2v) is 5.54. The summed E-state index contributed by atoms with van der Waals surface area (Å²) in [5.41, 5.74) is 3.73. The molecule has 0 bridgehead atoms. The van der Waals surface area contributed by atoms with E-state index < -0.39 is 6.09 Å². The van der Waals surface area contributed by atoms with Crippen LogP contribution in [-0.2, 0) is 9.47 Å². The Balaban J connectivity index is 2.02.